The number of amides is 5. The minimum Gasteiger partial charge on any atom is -0.445 e. The molecule has 1 aliphatic rings. The molecule has 0 unspecified atom stereocenters. The topological polar surface area (TPSA) is 180 Å². The van der Waals surface area contributed by atoms with Crippen molar-refractivity contribution in [1.29, 1.82) is 0 Å². The Morgan fingerprint density at radius 3 is 2.16 bits per heavy atom. The van der Waals surface area contributed by atoms with Gasteiger partial charge < -0.3 is 36.4 Å². The van der Waals surface area contributed by atoms with Gasteiger partial charge in [-0.2, -0.15) is 0 Å². The van der Waals surface area contributed by atoms with Gasteiger partial charge in [-0.25, -0.2) is 4.79 Å². The van der Waals surface area contributed by atoms with E-state index in [0.29, 0.717) is 18.4 Å². The lowest BCUT2D eigenvalue weighted by Crippen LogP contribution is -2.59. The van der Waals surface area contributed by atoms with Gasteiger partial charge in [-0.3, -0.25) is 19.2 Å². The Morgan fingerprint density at radius 1 is 0.977 bits per heavy atom. The van der Waals surface area contributed by atoms with E-state index in [2.05, 4.69) is 16.0 Å². The minimum absolute atomic E-state index is 0.0495. The molecule has 232 valence electrons. The molecule has 1 saturated heterocycles. The van der Waals surface area contributed by atoms with Crippen LogP contribution in [0.1, 0.15) is 51.2 Å². The summed E-state index contributed by atoms with van der Waals surface area (Å²) < 4.78 is 5.18. The Hall–Kier alpha value is -4.45. The summed E-state index contributed by atoms with van der Waals surface area (Å²) >= 11 is 0. The fourth-order valence-corrected chi connectivity index (χ4v) is 4.81. The molecule has 4 atom stereocenters. The maximum atomic E-state index is 13.6. The molecule has 3 rings (SSSR count). The summed E-state index contributed by atoms with van der Waals surface area (Å²) in [5, 5.41) is 19.1. The van der Waals surface area contributed by atoms with Crippen LogP contribution in [0.5, 0.6) is 0 Å². The number of rotatable bonds is 12. The quantitative estimate of drug-likeness (QED) is 0.244. The number of alkyl carbamates (subject to hydrolysis) is 1. The number of nitrogens with zero attached hydrogens (tertiary/aromatic N) is 1. The number of nitrogens with two attached hydrogens (primary N) is 1. The summed E-state index contributed by atoms with van der Waals surface area (Å²) in [6.07, 6.45) is -2.17. The number of likely N-dealkylation sites (tertiary alicyclic amines) is 1. The van der Waals surface area contributed by atoms with Crippen molar-refractivity contribution in [2.75, 3.05) is 6.54 Å². The van der Waals surface area contributed by atoms with Crippen molar-refractivity contribution < 1.29 is 33.8 Å². The van der Waals surface area contributed by atoms with Gasteiger partial charge in [0, 0.05) is 12.1 Å². The molecule has 0 radical (unpaired) electrons. The van der Waals surface area contributed by atoms with Crippen LogP contribution in [0.25, 0.3) is 0 Å². The highest BCUT2D eigenvalue weighted by Crippen LogP contribution is 2.21. The summed E-state index contributed by atoms with van der Waals surface area (Å²) in [6.45, 7) is 5.70. The van der Waals surface area contributed by atoms with E-state index in [1.54, 1.807) is 54.6 Å². The first kappa shape index (κ1) is 33.1. The van der Waals surface area contributed by atoms with Gasteiger partial charge in [0.15, 0.2) is 6.10 Å². The maximum absolute atomic E-state index is 13.6. The van der Waals surface area contributed by atoms with E-state index in [1.165, 1.54) is 4.90 Å². The van der Waals surface area contributed by atoms with Crippen molar-refractivity contribution >= 4 is 29.7 Å². The van der Waals surface area contributed by atoms with Crippen molar-refractivity contribution in [1.82, 2.24) is 20.9 Å². The van der Waals surface area contributed by atoms with E-state index < -0.39 is 60.0 Å². The maximum Gasteiger partial charge on any atom is 0.408 e. The Kier molecular flexibility index (Phi) is 11.6. The highest BCUT2D eigenvalue weighted by molar-refractivity contribution is 5.93. The van der Waals surface area contributed by atoms with E-state index in [0.717, 1.165) is 5.56 Å². The van der Waals surface area contributed by atoms with Gasteiger partial charge >= 0.3 is 6.09 Å². The zero-order valence-corrected chi connectivity index (χ0v) is 24.7. The monoisotopic (exact) mass is 595 g/mol. The summed E-state index contributed by atoms with van der Waals surface area (Å²) in [4.78, 5) is 65.5. The van der Waals surface area contributed by atoms with Gasteiger partial charge in [-0.15, -0.1) is 0 Å². The highest BCUT2D eigenvalue weighted by atomic mass is 16.5. The molecule has 0 aromatic heterocycles. The van der Waals surface area contributed by atoms with Crippen LogP contribution < -0.4 is 21.7 Å². The fraction of sp³-hybridized carbons (Fsp3) is 0.452. The second-order valence-electron chi connectivity index (χ2n) is 11.6. The average molecular weight is 596 g/mol. The van der Waals surface area contributed by atoms with Crippen LogP contribution in [0.2, 0.25) is 0 Å². The summed E-state index contributed by atoms with van der Waals surface area (Å²) in [7, 11) is 0. The predicted molar refractivity (Wildman–Crippen MR) is 158 cm³/mol. The predicted octanol–water partition coefficient (Wildman–Crippen LogP) is 1.15. The molecule has 0 saturated carbocycles. The second-order valence-corrected chi connectivity index (χ2v) is 11.6. The molecule has 0 spiro atoms. The molecular formula is C31H41N5O7. The van der Waals surface area contributed by atoms with Crippen molar-refractivity contribution in [2.24, 2.45) is 5.73 Å². The van der Waals surface area contributed by atoms with E-state index >= 15 is 0 Å². The molecule has 2 aromatic rings. The standard InChI is InChI=1S/C31H41N5O7/c1-31(2,3)35-28(40)24-15-10-16-36(24)29(41)26(38)22(17-20-11-6-4-7-12-20)33-27(39)23(18-25(32)37)34-30(42)43-19-21-13-8-5-9-14-21/h4-9,11-14,22-24,26,38H,10,15-19H2,1-3H3,(H2,32,37)(H,33,39)(H,34,42)(H,35,40)/t22-,23-,24+,26-/m0/s1. The first-order valence-corrected chi connectivity index (χ1v) is 14.2. The Morgan fingerprint density at radius 2 is 1.58 bits per heavy atom. The molecule has 12 nitrogen and oxygen atoms in total. The first-order chi connectivity index (χ1) is 20.3. The number of aliphatic hydroxyl groups excluding tert-OH is 1. The number of hydrogen-bond donors (Lipinski definition) is 5. The fourth-order valence-electron chi connectivity index (χ4n) is 4.81. The first-order valence-electron chi connectivity index (χ1n) is 14.2. The molecule has 0 aliphatic carbocycles. The number of hydrogen-bond acceptors (Lipinski definition) is 7. The van der Waals surface area contributed by atoms with E-state index in [-0.39, 0.29) is 25.5 Å². The van der Waals surface area contributed by atoms with Crippen LogP contribution in [0, 0.1) is 0 Å². The summed E-state index contributed by atoms with van der Waals surface area (Å²) in [6, 6.07) is 14.4. The Balaban J connectivity index is 1.76. The number of ether oxygens (including phenoxy) is 1. The van der Waals surface area contributed by atoms with E-state index in [4.69, 9.17) is 10.5 Å². The minimum atomic E-state index is -1.73. The molecule has 12 heteroatoms. The smallest absolute Gasteiger partial charge is 0.408 e. The van der Waals surface area contributed by atoms with Crippen molar-refractivity contribution in [3.05, 3.63) is 71.8 Å². The zero-order chi connectivity index (χ0) is 31.6. The summed E-state index contributed by atoms with van der Waals surface area (Å²) in [5.74, 6) is -2.74. The zero-order valence-electron chi connectivity index (χ0n) is 24.7. The van der Waals surface area contributed by atoms with Gasteiger partial charge in [0.25, 0.3) is 5.91 Å². The van der Waals surface area contributed by atoms with Gasteiger partial charge in [-0.1, -0.05) is 60.7 Å². The Bertz CT molecular complexity index is 1270. The SMILES string of the molecule is CC(C)(C)NC(=O)[C@H]1CCCN1C(=O)[C@@H](O)[C@H](Cc1ccccc1)NC(=O)[C@H](CC(N)=O)NC(=O)OCc1ccccc1. The second kappa shape index (κ2) is 15.1. The van der Waals surface area contributed by atoms with Crippen LogP contribution in [0.4, 0.5) is 4.79 Å². The van der Waals surface area contributed by atoms with E-state index in [1.807, 2.05) is 26.8 Å². The molecule has 43 heavy (non-hydrogen) atoms. The number of nitrogens with one attached hydrogen (secondary N) is 3. The molecule has 6 N–H and O–H groups in total. The van der Waals surface area contributed by atoms with Crippen LogP contribution in [-0.4, -0.2) is 76.0 Å². The van der Waals surface area contributed by atoms with Crippen LogP contribution in [-0.2, 0) is 36.9 Å². The summed E-state index contributed by atoms with van der Waals surface area (Å²) in [5.41, 5.74) is 6.26. The molecule has 5 amide bonds. The number of primary amides is 1. The van der Waals surface area contributed by atoms with Crippen molar-refractivity contribution in [3.63, 3.8) is 0 Å². The lowest BCUT2D eigenvalue weighted by Gasteiger charge is -2.32. The molecule has 1 fully saturated rings. The van der Waals surface area contributed by atoms with Crippen molar-refractivity contribution in [2.45, 2.75) is 82.8 Å². The van der Waals surface area contributed by atoms with Crippen LogP contribution in [0.15, 0.2) is 60.7 Å². The van der Waals surface area contributed by atoms with Gasteiger partial charge in [-0.05, 0) is 51.2 Å². The third-order valence-corrected chi connectivity index (χ3v) is 6.82. The molecule has 0 bridgehead atoms. The number of aliphatic hydroxyl groups is 1. The largest absolute Gasteiger partial charge is 0.445 e. The third-order valence-electron chi connectivity index (χ3n) is 6.82. The van der Waals surface area contributed by atoms with E-state index in [9.17, 15) is 29.1 Å². The normalized spacial score (nSPS) is 16.8. The van der Waals surface area contributed by atoms with Crippen LogP contribution in [0.3, 0.4) is 0 Å². The lowest BCUT2D eigenvalue weighted by molar-refractivity contribution is -0.147. The van der Waals surface area contributed by atoms with Gasteiger partial charge in [0.2, 0.25) is 17.7 Å². The molecule has 1 heterocycles. The van der Waals surface area contributed by atoms with Crippen LogP contribution >= 0.6 is 0 Å². The number of benzene rings is 2. The molecular weight excluding hydrogens is 554 g/mol. The highest BCUT2D eigenvalue weighted by Gasteiger charge is 2.40. The molecule has 2 aromatic carbocycles. The Labute approximate surface area is 251 Å². The third kappa shape index (κ3) is 10.4. The molecule has 1 aliphatic heterocycles. The number of carbonyl (C=O) groups excluding carboxylic acids is 5. The number of carbonyl (C=O) groups is 5. The van der Waals surface area contributed by atoms with Gasteiger partial charge in [0.1, 0.15) is 18.7 Å². The average Bonchev–Trinajstić information content (AvgIpc) is 3.45. The van der Waals surface area contributed by atoms with Gasteiger partial charge in [0.05, 0.1) is 12.5 Å². The lowest BCUT2D eigenvalue weighted by atomic mass is 9.99. The van der Waals surface area contributed by atoms with Crippen molar-refractivity contribution in [3.8, 4) is 0 Å².